The van der Waals surface area contributed by atoms with Gasteiger partial charge in [-0.1, -0.05) is 47.6 Å². The molecule has 2 aromatic carbocycles. The summed E-state index contributed by atoms with van der Waals surface area (Å²) in [4.78, 5) is 28.9. The van der Waals surface area contributed by atoms with Gasteiger partial charge in [-0.2, -0.15) is 0 Å². The number of hydrogen-bond donors (Lipinski definition) is 1. The van der Waals surface area contributed by atoms with Gasteiger partial charge in [0.2, 0.25) is 5.91 Å². The number of amides is 2. The van der Waals surface area contributed by atoms with Gasteiger partial charge in [0.1, 0.15) is 5.76 Å². The van der Waals surface area contributed by atoms with Gasteiger partial charge in [-0.3, -0.25) is 14.5 Å². The molecule has 1 aromatic heterocycles. The molecule has 3 aromatic rings. The highest BCUT2D eigenvalue weighted by Gasteiger charge is 2.24. The van der Waals surface area contributed by atoms with Crippen LogP contribution in [-0.2, 0) is 11.2 Å². The van der Waals surface area contributed by atoms with Gasteiger partial charge in [0, 0.05) is 45.3 Å². The number of rotatable bonds is 6. The van der Waals surface area contributed by atoms with Crippen molar-refractivity contribution in [3.8, 4) is 0 Å². The van der Waals surface area contributed by atoms with E-state index in [1.807, 2.05) is 24.3 Å². The van der Waals surface area contributed by atoms with Gasteiger partial charge < -0.3 is 14.7 Å². The van der Waals surface area contributed by atoms with Gasteiger partial charge in [-0.15, -0.1) is 0 Å². The average molecular weight is 406 g/mol. The Morgan fingerprint density at radius 2 is 1.83 bits per heavy atom. The fourth-order valence-corrected chi connectivity index (χ4v) is 3.84. The lowest BCUT2D eigenvalue weighted by molar-refractivity contribution is -0.120. The highest BCUT2D eigenvalue weighted by Crippen LogP contribution is 2.18. The van der Waals surface area contributed by atoms with E-state index in [0.29, 0.717) is 37.5 Å². The van der Waals surface area contributed by atoms with Crippen LogP contribution in [0.4, 0.5) is 0 Å². The lowest BCUT2D eigenvalue weighted by Crippen LogP contribution is -2.50. The van der Waals surface area contributed by atoms with Gasteiger partial charge in [0.05, 0.1) is 6.42 Å². The standard InChI is InChI=1S/C23H26N4O3/c1-17-15-21(25-30-17)23(29)27-13-11-26(12-14-27)10-9-24-22(28)16-19-7-4-6-18-5-2-3-8-20(18)19/h2-8,15H,9-14,16H2,1H3,(H,24,28). The molecule has 0 radical (unpaired) electrons. The van der Waals surface area contributed by atoms with Crippen molar-refractivity contribution in [2.24, 2.45) is 0 Å². The van der Waals surface area contributed by atoms with Crippen LogP contribution in [0.2, 0.25) is 0 Å². The van der Waals surface area contributed by atoms with E-state index >= 15 is 0 Å². The van der Waals surface area contributed by atoms with Crippen molar-refractivity contribution in [2.45, 2.75) is 13.3 Å². The minimum Gasteiger partial charge on any atom is -0.361 e. The lowest BCUT2D eigenvalue weighted by Gasteiger charge is -2.34. The smallest absolute Gasteiger partial charge is 0.276 e. The molecule has 1 saturated heterocycles. The van der Waals surface area contributed by atoms with E-state index in [9.17, 15) is 9.59 Å². The van der Waals surface area contributed by atoms with Crippen molar-refractivity contribution in [3.05, 3.63) is 65.5 Å². The van der Waals surface area contributed by atoms with E-state index in [2.05, 4.69) is 33.6 Å². The Morgan fingerprint density at radius 1 is 1.07 bits per heavy atom. The predicted octanol–water partition coefficient (Wildman–Crippen LogP) is 2.25. The van der Waals surface area contributed by atoms with Crippen molar-refractivity contribution in [1.82, 2.24) is 20.3 Å². The number of carbonyl (C=O) groups is 2. The Balaban J connectivity index is 1.21. The molecule has 2 heterocycles. The number of aryl methyl sites for hydroxylation is 1. The zero-order valence-corrected chi connectivity index (χ0v) is 17.1. The van der Waals surface area contributed by atoms with Gasteiger partial charge in [0.15, 0.2) is 5.69 Å². The van der Waals surface area contributed by atoms with E-state index in [1.165, 1.54) is 0 Å². The molecule has 0 atom stereocenters. The SMILES string of the molecule is Cc1cc(C(=O)N2CCN(CCNC(=O)Cc3cccc4ccccc34)CC2)no1. The lowest BCUT2D eigenvalue weighted by atomic mass is 10.0. The average Bonchev–Trinajstić information content (AvgIpc) is 3.20. The van der Waals surface area contributed by atoms with Crippen molar-refractivity contribution in [3.63, 3.8) is 0 Å². The molecule has 1 aliphatic rings. The zero-order valence-electron chi connectivity index (χ0n) is 17.1. The van der Waals surface area contributed by atoms with Gasteiger partial charge in [0.25, 0.3) is 5.91 Å². The van der Waals surface area contributed by atoms with Gasteiger partial charge in [-0.25, -0.2) is 0 Å². The van der Waals surface area contributed by atoms with Crippen molar-refractivity contribution >= 4 is 22.6 Å². The summed E-state index contributed by atoms with van der Waals surface area (Å²) in [5.41, 5.74) is 1.41. The second-order valence-corrected chi connectivity index (χ2v) is 7.62. The van der Waals surface area contributed by atoms with Crippen molar-refractivity contribution < 1.29 is 14.1 Å². The second kappa shape index (κ2) is 9.09. The minimum atomic E-state index is -0.0881. The molecule has 7 nitrogen and oxygen atoms in total. The van der Waals surface area contributed by atoms with Crippen LogP contribution < -0.4 is 5.32 Å². The maximum absolute atomic E-state index is 12.4. The molecule has 0 unspecified atom stereocenters. The summed E-state index contributed by atoms with van der Waals surface area (Å²) in [5.74, 6) is 0.577. The predicted molar refractivity (Wildman–Crippen MR) is 114 cm³/mol. The van der Waals surface area contributed by atoms with E-state index in [4.69, 9.17) is 4.52 Å². The van der Waals surface area contributed by atoms with Crippen LogP contribution >= 0.6 is 0 Å². The molecule has 0 aliphatic carbocycles. The first-order valence-electron chi connectivity index (χ1n) is 10.3. The Morgan fingerprint density at radius 3 is 2.60 bits per heavy atom. The number of carbonyl (C=O) groups excluding carboxylic acids is 2. The normalized spacial score (nSPS) is 14.8. The van der Waals surface area contributed by atoms with E-state index < -0.39 is 0 Å². The Bertz CT molecular complexity index is 1030. The number of fused-ring (bicyclic) bond motifs is 1. The molecule has 0 saturated carbocycles. The maximum atomic E-state index is 12.4. The quantitative estimate of drug-likeness (QED) is 0.679. The van der Waals surface area contributed by atoms with E-state index in [0.717, 1.165) is 36.0 Å². The van der Waals surface area contributed by atoms with Gasteiger partial charge in [-0.05, 0) is 23.3 Å². The Labute approximate surface area is 175 Å². The first kappa shape index (κ1) is 20.1. The number of nitrogens with zero attached hydrogens (tertiary/aromatic N) is 3. The first-order valence-corrected chi connectivity index (χ1v) is 10.3. The molecular weight excluding hydrogens is 380 g/mol. The number of benzene rings is 2. The van der Waals surface area contributed by atoms with Crippen molar-refractivity contribution in [1.29, 1.82) is 0 Å². The molecule has 30 heavy (non-hydrogen) atoms. The summed E-state index contributed by atoms with van der Waals surface area (Å²) in [6.45, 7) is 6.00. The third-order valence-electron chi connectivity index (χ3n) is 5.49. The highest BCUT2D eigenvalue weighted by molar-refractivity contribution is 5.92. The van der Waals surface area contributed by atoms with Crippen LogP contribution in [0, 0.1) is 6.92 Å². The molecule has 1 N–H and O–H groups in total. The third kappa shape index (κ3) is 4.68. The first-order chi connectivity index (χ1) is 14.6. The molecular formula is C23H26N4O3. The molecule has 0 spiro atoms. The van der Waals surface area contributed by atoms with Crippen LogP contribution in [0.3, 0.4) is 0 Å². The molecule has 4 rings (SSSR count). The monoisotopic (exact) mass is 406 g/mol. The minimum absolute atomic E-state index is 0.0292. The molecule has 7 heteroatoms. The molecule has 0 bridgehead atoms. The van der Waals surface area contributed by atoms with E-state index in [-0.39, 0.29) is 11.8 Å². The fourth-order valence-electron chi connectivity index (χ4n) is 3.84. The summed E-state index contributed by atoms with van der Waals surface area (Å²) >= 11 is 0. The summed E-state index contributed by atoms with van der Waals surface area (Å²) in [7, 11) is 0. The van der Waals surface area contributed by atoms with E-state index in [1.54, 1.807) is 17.9 Å². The number of piperazine rings is 1. The number of hydrogen-bond acceptors (Lipinski definition) is 5. The number of aromatic nitrogens is 1. The van der Waals surface area contributed by atoms with Crippen molar-refractivity contribution in [2.75, 3.05) is 39.3 Å². The van der Waals surface area contributed by atoms with Crippen LogP contribution in [0.1, 0.15) is 21.8 Å². The second-order valence-electron chi connectivity index (χ2n) is 7.62. The van der Waals surface area contributed by atoms with Crippen LogP contribution in [0.25, 0.3) is 10.8 Å². The highest BCUT2D eigenvalue weighted by atomic mass is 16.5. The van der Waals surface area contributed by atoms with Crippen LogP contribution in [-0.4, -0.2) is 66.0 Å². The molecule has 1 aliphatic heterocycles. The summed E-state index contributed by atoms with van der Waals surface area (Å²) in [6, 6.07) is 15.8. The Hall–Kier alpha value is -3.19. The summed E-state index contributed by atoms with van der Waals surface area (Å²) in [5, 5.41) is 9.10. The Kier molecular flexibility index (Phi) is 6.09. The summed E-state index contributed by atoms with van der Waals surface area (Å²) < 4.78 is 4.99. The maximum Gasteiger partial charge on any atom is 0.276 e. The molecule has 2 amide bonds. The number of nitrogens with one attached hydrogen (secondary N) is 1. The topological polar surface area (TPSA) is 78.7 Å². The fraction of sp³-hybridized carbons (Fsp3) is 0.348. The molecule has 1 fully saturated rings. The van der Waals surface area contributed by atoms with Crippen LogP contribution in [0.15, 0.2) is 53.1 Å². The van der Waals surface area contributed by atoms with Crippen LogP contribution in [0.5, 0.6) is 0 Å². The summed E-state index contributed by atoms with van der Waals surface area (Å²) in [6.07, 6.45) is 0.376. The van der Waals surface area contributed by atoms with Gasteiger partial charge >= 0.3 is 0 Å². The molecule has 156 valence electrons. The third-order valence-corrected chi connectivity index (χ3v) is 5.49. The largest absolute Gasteiger partial charge is 0.361 e. The zero-order chi connectivity index (χ0) is 20.9.